The van der Waals surface area contributed by atoms with Crippen LogP contribution in [0.3, 0.4) is 0 Å². The third kappa shape index (κ3) is 3.39. The third-order valence-electron chi connectivity index (χ3n) is 6.27. The molecule has 150 valence electrons. The summed E-state index contributed by atoms with van der Waals surface area (Å²) in [5.41, 5.74) is 1.19. The lowest BCUT2D eigenvalue weighted by molar-refractivity contribution is -0.147. The number of morpholine rings is 1. The molecule has 7 heteroatoms. The van der Waals surface area contributed by atoms with E-state index < -0.39 is 11.5 Å². The van der Waals surface area contributed by atoms with Gasteiger partial charge in [-0.25, -0.2) is 0 Å². The Balaban J connectivity index is 1.40. The van der Waals surface area contributed by atoms with Crippen LogP contribution in [-0.2, 0) is 19.1 Å². The zero-order valence-corrected chi connectivity index (χ0v) is 16.3. The number of carbonyl (C=O) groups excluding carboxylic acids is 3. The van der Waals surface area contributed by atoms with E-state index in [4.69, 9.17) is 4.74 Å². The number of rotatable bonds is 4. The molecular weight excluding hydrogens is 358 g/mol. The fourth-order valence-electron chi connectivity index (χ4n) is 4.59. The van der Waals surface area contributed by atoms with Crippen molar-refractivity contribution in [2.75, 3.05) is 36.5 Å². The standard InChI is InChI=1S/C21H27N3O4/c1-15(24-18(25)14-21(20(24)27)8-2-3-9-21)19(26)22-16-4-6-17(7-5-16)23-10-12-28-13-11-23/h4-7,15H,2-3,8-14H2,1H3,(H,22,26)/t15-/m1/s1. The lowest BCUT2D eigenvalue weighted by atomic mass is 9.84. The molecular formula is C21H27N3O4. The van der Waals surface area contributed by atoms with Crippen LogP contribution in [0, 0.1) is 5.41 Å². The summed E-state index contributed by atoms with van der Waals surface area (Å²) < 4.78 is 5.37. The summed E-state index contributed by atoms with van der Waals surface area (Å²) in [6.07, 6.45) is 3.71. The molecule has 3 aliphatic rings. The number of likely N-dealkylation sites (tertiary alicyclic amines) is 1. The van der Waals surface area contributed by atoms with Crippen LogP contribution in [0.1, 0.15) is 39.0 Å². The minimum Gasteiger partial charge on any atom is -0.378 e. The predicted molar refractivity (Wildman–Crippen MR) is 105 cm³/mol. The summed E-state index contributed by atoms with van der Waals surface area (Å²) in [5.74, 6) is -0.728. The summed E-state index contributed by atoms with van der Waals surface area (Å²) in [6, 6.07) is 6.82. The summed E-state index contributed by atoms with van der Waals surface area (Å²) in [4.78, 5) is 41.5. The van der Waals surface area contributed by atoms with Crippen LogP contribution in [0.15, 0.2) is 24.3 Å². The van der Waals surface area contributed by atoms with E-state index in [1.807, 2.05) is 24.3 Å². The van der Waals surface area contributed by atoms with E-state index >= 15 is 0 Å². The molecule has 28 heavy (non-hydrogen) atoms. The third-order valence-corrected chi connectivity index (χ3v) is 6.27. The van der Waals surface area contributed by atoms with Crippen LogP contribution in [0.2, 0.25) is 0 Å². The van der Waals surface area contributed by atoms with Crippen molar-refractivity contribution in [2.45, 2.75) is 45.1 Å². The maximum Gasteiger partial charge on any atom is 0.247 e. The van der Waals surface area contributed by atoms with Crippen LogP contribution < -0.4 is 10.2 Å². The zero-order chi connectivity index (χ0) is 19.7. The van der Waals surface area contributed by atoms with E-state index in [1.165, 1.54) is 4.90 Å². The maximum absolute atomic E-state index is 12.9. The minimum atomic E-state index is -0.807. The Kier molecular flexibility index (Phi) is 5.10. The van der Waals surface area contributed by atoms with Crippen LogP contribution in [0.4, 0.5) is 11.4 Å². The first-order valence-electron chi connectivity index (χ1n) is 10.1. The molecule has 1 spiro atoms. The topological polar surface area (TPSA) is 79.0 Å². The monoisotopic (exact) mass is 385 g/mol. The Morgan fingerprint density at radius 3 is 2.39 bits per heavy atom. The predicted octanol–water partition coefficient (Wildman–Crippen LogP) is 2.17. The van der Waals surface area contributed by atoms with Crippen molar-refractivity contribution in [3.63, 3.8) is 0 Å². The first-order chi connectivity index (χ1) is 13.5. The number of nitrogens with one attached hydrogen (secondary N) is 1. The molecule has 1 aromatic rings. The van der Waals surface area contributed by atoms with Crippen molar-refractivity contribution in [3.8, 4) is 0 Å². The Morgan fingerprint density at radius 2 is 1.75 bits per heavy atom. The molecule has 3 amide bonds. The van der Waals surface area contributed by atoms with Gasteiger partial charge in [0.05, 0.1) is 18.6 Å². The van der Waals surface area contributed by atoms with Gasteiger partial charge in [-0.1, -0.05) is 12.8 Å². The van der Waals surface area contributed by atoms with E-state index in [-0.39, 0.29) is 24.1 Å². The molecule has 1 aliphatic carbocycles. The quantitative estimate of drug-likeness (QED) is 0.804. The molecule has 1 aromatic carbocycles. The highest BCUT2D eigenvalue weighted by Crippen LogP contribution is 2.47. The molecule has 0 unspecified atom stereocenters. The van der Waals surface area contributed by atoms with E-state index in [2.05, 4.69) is 10.2 Å². The maximum atomic E-state index is 12.9. The molecule has 1 saturated carbocycles. The van der Waals surface area contributed by atoms with Crippen LogP contribution in [-0.4, -0.2) is 55.0 Å². The molecule has 0 radical (unpaired) electrons. The second-order valence-electron chi connectivity index (χ2n) is 8.04. The van der Waals surface area contributed by atoms with Crippen molar-refractivity contribution in [1.29, 1.82) is 0 Å². The molecule has 2 saturated heterocycles. The van der Waals surface area contributed by atoms with Crippen molar-refractivity contribution in [2.24, 2.45) is 5.41 Å². The second kappa shape index (κ2) is 7.54. The zero-order valence-electron chi connectivity index (χ0n) is 16.3. The molecule has 0 aromatic heterocycles. The van der Waals surface area contributed by atoms with Crippen LogP contribution in [0.5, 0.6) is 0 Å². The smallest absolute Gasteiger partial charge is 0.247 e. The fraction of sp³-hybridized carbons (Fsp3) is 0.571. The number of amides is 3. The van der Waals surface area contributed by atoms with Gasteiger partial charge in [0.2, 0.25) is 17.7 Å². The van der Waals surface area contributed by atoms with Crippen molar-refractivity contribution >= 4 is 29.1 Å². The number of hydrogen-bond acceptors (Lipinski definition) is 5. The molecule has 1 atom stereocenters. The van der Waals surface area contributed by atoms with Crippen molar-refractivity contribution < 1.29 is 19.1 Å². The normalized spacial score (nSPS) is 22.8. The van der Waals surface area contributed by atoms with Gasteiger partial charge in [-0.05, 0) is 44.0 Å². The van der Waals surface area contributed by atoms with E-state index in [0.29, 0.717) is 5.69 Å². The van der Waals surface area contributed by atoms with E-state index in [0.717, 1.165) is 57.7 Å². The first-order valence-corrected chi connectivity index (χ1v) is 10.1. The minimum absolute atomic E-state index is 0.166. The van der Waals surface area contributed by atoms with Gasteiger partial charge >= 0.3 is 0 Å². The van der Waals surface area contributed by atoms with Gasteiger partial charge in [0.15, 0.2) is 0 Å². The number of hydrogen-bond donors (Lipinski definition) is 1. The van der Waals surface area contributed by atoms with Crippen molar-refractivity contribution in [1.82, 2.24) is 4.90 Å². The lowest BCUT2D eigenvalue weighted by Crippen LogP contribution is -2.46. The number of carbonyl (C=O) groups is 3. The lowest BCUT2D eigenvalue weighted by Gasteiger charge is -2.29. The summed E-state index contributed by atoms with van der Waals surface area (Å²) in [7, 11) is 0. The Hall–Kier alpha value is -2.41. The summed E-state index contributed by atoms with van der Waals surface area (Å²) in [5, 5.41) is 2.84. The van der Waals surface area contributed by atoms with Crippen LogP contribution in [0.25, 0.3) is 0 Å². The number of nitrogens with zero attached hydrogens (tertiary/aromatic N) is 2. The fourth-order valence-corrected chi connectivity index (χ4v) is 4.59. The molecule has 2 heterocycles. The van der Waals surface area contributed by atoms with Gasteiger partial charge in [0.1, 0.15) is 6.04 Å². The molecule has 4 rings (SSSR count). The van der Waals surface area contributed by atoms with Crippen molar-refractivity contribution in [3.05, 3.63) is 24.3 Å². The summed E-state index contributed by atoms with van der Waals surface area (Å²) in [6.45, 7) is 4.76. The highest BCUT2D eigenvalue weighted by Gasteiger charge is 2.54. The molecule has 2 aliphatic heterocycles. The number of benzene rings is 1. The Morgan fingerprint density at radius 1 is 1.11 bits per heavy atom. The molecule has 0 bridgehead atoms. The van der Waals surface area contributed by atoms with Gasteiger partial charge in [-0.3, -0.25) is 19.3 Å². The number of anilines is 2. The molecule has 1 N–H and O–H groups in total. The van der Waals surface area contributed by atoms with Gasteiger partial charge in [0.25, 0.3) is 0 Å². The summed E-state index contributed by atoms with van der Waals surface area (Å²) >= 11 is 0. The van der Waals surface area contributed by atoms with Gasteiger partial charge in [-0.15, -0.1) is 0 Å². The Bertz CT molecular complexity index is 764. The number of imide groups is 1. The highest BCUT2D eigenvalue weighted by atomic mass is 16.5. The Labute approximate surface area is 165 Å². The van der Waals surface area contributed by atoms with Gasteiger partial charge in [-0.2, -0.15) is 0 Å². The number of ether oxygens (including phenoxy) is 1. The average Bonchev–Trinajstić information content (AvgIpc) is 3.27. The SMILES string of the molecule is C[C@H](C(=O)Nc1ccc(N2CCOCC2)cc1)N1C(=O)CC2(CCCC2)C1=O. The largest absolute Gasteiger partial charge is 0.378 e. The van der Waals surface area contributed by atoms with Crippen LogP contribution >= 0.6 is 0 Å². The van der Waals surface area contributed by atoms with E-state index in [1.54, 1.807) is 6.92 Å². The average molecular weight is 385 g/mol. The second-order valence-corrected chi connectivity index (χ2v) is 8.04. The molecule has 7 nitrogen and oxygen atoms in total. The first kappa shape index (κ1) is 18.9. The van der Waals surface area contributed by atoms with E-state index in [9.17, 15) is 14.4 Å². The van der Waals surface area contributed by atoms with Gasteiger partial charge in [0, 0.05) is 30.9 Å². The highest BCUT2D eigenvalue weighted by molar-refractivity contribution is 6.10. The van der Waals surface area contributed by atoms with Gasteiger partial charge < -0.3 is 15.0 Å². The molecule has 3 fully saturated rings.